The van der Waals surface area contributed by atoms with E-state index in [2.05, 4.69) is 31.4 Å². The fraction of sp³-hybridized carbons (Fsp3) is 0.444. The van der Waals surface area contributed by atoms with E-state index in [9.17, 15) is 14.7 Å². The predicted molar refractivity (Wildman–Crippen MR) is 142 cm³/mol. The Bertz CT molecular complexity index is 1300. The maximum Gasteiger partial charge on any atom is 0.276 e. The Hall–Kier alpha value is -2.82. The number of aliphatic hydroxyl groups excluding tert-OH is 1. The van der Waals surface area contributed by atoms with E-state index in [4.69, 9.17) is 16.3 Å². The fourth-order valence-electron chi connectivity index (χ4n) is 4.94. The molecule has 2 fully saturated rings. The molecule has 2 aliphatic rings. The summed E-state index contributed by atoms with van der Waals surface area (Å²) in [5.74, 6) is -0.525. The first kappa shape index (κ1) is 25.8. The number of carbonyl (C=O) groups is 1. The lowest BCUT2D eigenvalue weighted by atomic mass is 10.0. The van der Waals surface area contributed by atoms with Crippen molar-refractivity contribution in [2.24, 2.45) is 0 Å². The Kier molecular flexibility index (Phi) is 8.17. The van der Waals surface area contributed by atoms with Crippen molar-refractivity contribution in [3.8, 4) is 0 Å². The first-order chi connectivity index (χ1) is 18.0. The third-order valence-electron chi connectivity index (χ3n) is 7.06. The van der Waals surface area contributed by atoms with Gasteiger partial charge in [0.1, 0.15) is 0 Å². The lowest BCUT2D eigenvalue weighted by Crippen LogP contribution is -2.36. The van der Waals surface area contributed by atoms with Gasteiger partial charge in [-0.2, -0.15) is 5.10 Å². The molecule has 0 aliphatic carbocycles. The molecule has 37 heavy (non-hydrogen) atoms. The van der Waals surface area contributed by atoms with Crippen LogP contribution in [0.4, 0.5) is 0 Å². The van der Waals surface area contributed by atoms with Gasteiger partial charge >= 0.3 is 0 Å². The number of aromatic amines is 1. The summed E-state index contributed by atoms with van der Waals surface area (Å²) in [5, 5.41) is 21.0. The van der Waals surface area contributed by atoms with Crippen LogP contribution < -0.4 is 10.7 Å². The molecule has 1 amide bonds. The van der Waals surface area contributed by atoms with Crippen molar-refractivity contribution in [1.29, 1.82) is 0 Å². The third kappa shape index (κ3) is 6.37. The van der Waals surface area contributed by atoms with E-state index >= 15 is 0 Å². The third-order valence-corrected chi connectivity index (χ3v) is 7.31. The molecule has 0 bridgehead atoms. The smallest absolute Gasteiger partial charge is 0.276 e. The highest BCUT2D eigenvalue weighted by Crippen LogP contribution is 2.22. The maximum absolute atomic E-state index is 13.5. The molecule has 0 saturated carbocycles. The first-order valence-corrected chi connectivity index (χ1v) is 13.1. The molecular weight excluding hydrogens is 494 g/mol. The average Bonchev–Trinajstić information content (AvgIpc) is 2.91. The molecular formula is C27H32ClN5O4. The molecule has 196 valence electrons. The summed E-state index contributed by atoms with van der Waals surface area (Å²) in [4.78, 5) is 31.0. The summed E-state index contributed by atoms with van der Waals surface area (Å²) in [6.45, 7) is 6.24. The number of ether oxygens (including phenoxy) is 1. The Morgan fingerprint density at radius 3 is 2.49 bits per heavy atom. The van der Waals surface area contributed by atoms with Crippen LogP contribution in [0.1, 0.15) is 40.0 Å². The van der Waals surface area contributed by atoms with Crippen LogP contribution in [-0.2, 0) is 24.4 Å². The van der Waals surface area contributed by atoms with Crippen LogP contribution in [-0.4, -0.2) is 76.5 Å². The van der Waals surface area contributed by atoms with Crippen molar-refractivity contribution in [3.63, 3.8) is 0 Å². The summed E-state index contributed by atoms with van der Waals surface area (Å²) in [6, 6.07) is 11.2. The van der Waals surface area contributed by atoms with Crippen LogP contribution in [0.3, 0.4) is 0 Å². The van der Waals surface area contributed by atoms with Crippen LogP contribution in [0, 0.1) is 0 Å². The van der Waals surface area contributed by atoms with Gasteiger partial charge in [0.25, 0.3) is 5.91 Å². The highest BCUT2D eigenvalue weighted by Gasteiger charge is 2.22. The number of aliphatic hydroxyl groups is 1. The molecule has 10 heteroatoms. The number of amides is 1. The number of hydrogen-bond donors (Lipinski definition) is 3. The molecule has 0 unspecified atom stereocenters. The standard InChI is InChI=1S/C27H32ClN5O4/c28-21-3-1-18(2-4-21)15-29-27(36)25-26(35)23-14-19(16-33-9-11-37-12-10-33)13-20(24(23)30-31-25)17-32-7-5-22(34)6-8-32/h1-4,13-14,22,34H,5-12,15-17H2,(H,29,36)(H,30,35). The van der Waals surface area contributed by atoms with Gasteiger partial charge in [0.2, 0.25) is 5.43 Å². The fourth-order valence-corrected chi connectivity index (χ4v) is 5.07. The Labute approximate surface area is 220 Å². The summed E-state index contributed by atoms with van der Waals surface area (Å²) in [6.07, 6.45) is 1.21. The van der Waals surface area contributed by atoms with Gasteiger partial charge in [0.15, 0.2) is 5.69 Å². The number of hydrogen-bond acceptors (Lipinski definition) is 7. The molecule has 1 aromatic heterocycles. The molecule has 2 aliphatic heterocycles. The number of morpholine rings is 1. The largest absolute Gasteiger partial charge is 0.393 e. The quantitative estimate of drug-likeness (QED) is 0.434. The molecule has 3 N–H and O–H groups in total. The van der Waals surface area contributed by atoms with Crippen LogP contribution in [0.25, 0.3) is 10.9 Å². The van der Waals surface area contributed by atoms with Crippen molar-refractivity contribution in [1.82, 2.24) is 25.3 Å². The van der Waals surface area contributed by atoms with Gasteiger partial charge in [-0.15, -0.1) is 0 Å². The van der Waals surface area contributed by atoms with E-state index in [1.54, 1.807) is 12.1 Å². The lowest BCUT2D eigenvalue weighted by Gasteiger charge is -2.30. The van der Waals surface area contributed by atoms with E-state index in [1.165, 1.54) is 0 Å². The second kappa shape index (κ2) is 11.7. The van der Waals surface area contributed by atoms with Crippen molar-refractivity contribution in [3.05, 3.63) is 74.0 Å². The minimum atomic E-state index is -0.525. The number of H-pyrrole nitrogens is 1. The van der Waals surface area contributed by atoms with Gasteiger partial charge in [-0.05, 0) is 47.7 Å². The van der Waals surface area contributed by atoms with Gasteiger partial charge in [0, 0.05) is 50.8 Å². The number of rotatable bonds is 7. The Morgan fingerprint density at radius 1 is 1.05 bits per heavy atom. The van der Waals surface area contributed by atoms with E-state index in [-0.39, 0.29) is 23.8 Å². The zero-order valence-electron chi connectivity index (χ0n) is 20.7. The summed E-state index contributed by atoms with van der Waals surface area (Å²) in [5.41, 5.74) is 2.96. The molecule has 3 aromatic rings. The summed E-state index contributed by atoms with van der Waals surface area (Å²) >= 11 is 5.94. The van der Waals surface area contributed by atoms with Gasteiger partial charge in [0.05, 0.1) is 30.2 Å². The van der Waals surface area contributed by atoms with Crippen molar-refractivity contribution in [2.45, 2.75) is 38.6 Å². The van der Waals surface area contributed by atoms with Crippen molar-refractivity contribution >= 4 is 28.4 Å². The Balaban J connectivity index is 1.43. The number of benzene rings is 2. The van der Waals surface area contributed by atoms with E-state index in [0.717, 1.165) is 55.7 Å². The molecule has 3 heterocycles. The minimum absolute atomic E-state index is 0.156. The van der Waals surface area contributed by atoms with Crippen molar-refractivity contribution in [2.75, 3.05) is 39.4 Å². The molecule has 0 atom stereocenters. The van der Waals surface area contributed by atoms with Gasteiger partial charge < -0.3 is 15.2 Å². The molecule has 0 radical (unpaired) electrons. The molecule has 2 saturated heterocycles. The zero-order valence-corrected chi connectivity index (χ0v) is 21.5. The second-order valence-corrected chi connectivity index (χ2v) is 10.2. The van der Waals surface area contributed by atoms with Crippen LogP contribution in [0.15, 0.2) is 41.2 Å². The Morgan fingerprint density at radius 2 is 1.76 bits per heavy atom. The van der Waals surface area contributed by atoms with Crippen molar-refractivity contribution < 1.29 is 14.6 Å². The van der Waals surface area contributed by atoms with Gasteiger partial charge in [-0.3, -0.25) is 24.5 Å². The number of nitrogens with one attached hydrogen (secondary N) is 2. The van der Waals surface area contributed by atoms with E-state index < -0.39 is 5.91 Å². The summed E-state index contributed by atoms with van der Waals surface area (Å²) in [7, 11) is 0. The monoisotopic (exact) mass is 525 g/mol. The topological polar surface area (TPSA) is 111 Å². The van der Waals surface area contributed by atoms with Gasteiger partial charge in [-0.25, -0.2) is 0 Å². The van der Waals surface area contributed by atoms with E-state index in [0.29, 0.717) is 42.2 Å². The SMILES string of the molecule is O=C(NCc1ccc(Cl)cc1)c1n[nH]c2c(CN3CCC(O)CC3)cc(CN3CCOCC3)cc2c1=O. The first-order valence-electron chi connectivity index (χ1n) is 12.7. The van der Waals surface area contributed by atoms with E-state index in [1.807, 2.05) is 18.2 Å². The molecule has 0 spiro atoms. The average molecular weight is 526 g/mol. The normalized spacial score (nSPS) is 17.8. The maximum atomic E-state index is 13.5. The number of aromatic nitrogens is 2. The highest BCUT2D eigenvalue weighted by molar-refractivity contribution is 6.30. The molecule has 5 rings (SSSR count). The second-order valence-electron chi connectivity index (χ2n) is 9.78. The summed E-state index contributed by atoms with van der Waals surface area (Å²) < 4.78 is 5.48. The number of carbonyl (C=O) groups excluding carboxylic acids is 1. The van der Waals surface area contributed by atoms with Crippen LogP contribution in [0.5, 0.6) is 0 Å². The molecule has 2 aromatic carbocycles. The number of halogens is 1. The number of nitrogens with zero attached hydrogens (tertiary/aromatic N) is 3. The van der Waals surface area contributed by atoms with Gasteiger partial charge in [-0.1, -0.05) is 29.8 Å². The predicted octanol–water partition coefficient (Wildman–Crippen LogP) is 2.30. The minimum Gasteiger partial charge on any atom is -0.393 e. The van der Waals surface area contributed by atoms with Crippen LogP contribution >= 0.6 is 11.6 Å². The number of piperidine rings is 1. The zero-order chi connectivity index (χ0) is 25.8. The lowest BCUT2D eigenvalue weighted by molar-refractivity contribution is 0.0342. The number of fused-ring (bicyclic) bond motifs is 1. The molecule has 9 nitrogen and oxygen atoms in total. The number of likely N-dealkylation sites (tertiary alicyclic amines) is 1. The van der Waals surface area contributed by atoms with Crippen LogP contribution in [0.2, 0.25) is 5.02 Å². The highest BCUT2D eigenvalue weighted by atomic mass is 35.5.